The molecule has 2 aromatic carbocycles. The molecule has 0 amide bonds. The van der Waals surface area contributed by atoms with Gasteiger partial charge in [0.05, 0.1) is 31.2 Å². The maximum absolute atomic E-state index is 14.7. The molecule has 3 rings (SSSR count). The Morgan fingerprint density at radius 1 is 0.893 bits per heavy atom. The van der Waals surface area contributed by atoms with Gasteiger partial charge in [0.25, 0.3) is 0 Å². The van der Waals surface area contributed by atoms with E-state index in [0.29, 0.717) is 45.2 Å². The van der Waals surface area contributed by atoms with Crippen LogP contribution >= 0.6 is 0 Å². The minimum Gasteiger partial charge on any atom is -0.497 e. The van der Waals surface area contributed by atoms with Gasteiger partial charge in [-0.1, -0.05) is 12.6 Å². The predicted octanol–water partition coefficient (Wildman–Crippen LogP) is 5.45. The summed E-state index contributed by atoms with van der Waals surface area (Å²) in [6, 6.07) is 8.99. The minimum atomic E-state index is -0.681. The monoisotopic (exact) mass is 382 g/mol. The van der Waals surface area contributed by atoms with Crippen molar-refractivity contribution in [3.8, 4) is 33.8 Å². The molecule has 4 nitrogen and oxygen atoms in total. The third kappa shape index (κ3) is 3.45. The molecule has 6 heteroatoms. The van der Waals surface area contributed by atoms with Gasteiger partial charge >= 0.3 is 0 Å². The molecular formula is C22H20F2N2O2. The molecule has 0 aliphatic carbocycles. The fourth-order valence-electron chi connectivity index (χ4n) is 3.10. The third-order valence-corrected chi connectivity index (χ3v) is 4.41. The smallest absolute Gasteiger partial charge is 0.134 e. The van der Waals surface area contributed by atoms with Crippen LogP contribution in [0.15, 0.2) is 43.0 Å². The molecule has 0 fully saturated rings. The van der Waals surface area contributed by atoms with Crippen molar-refractivity contribution in [1.29, 1.82) is 0 Å². The normalized spacial score (nSPS) is 10.6. The van der Waals surface area contributed by atoms with E-state index in [4.69, 9.17) is 9.47 Å². The van der Waals surface area contributed by atoms with Crippen LogP contribution in [0, 0.1) is 18.6 Å². The Hall–Kier alpha value is -3.28. The number of rotatable bonds is 5. The molecule has 0 atom stereocenters. The highest BCUT2D eigenvalue weighted by molar-refractivity contribution is 5.92. The first-order valence-corrected chi connectivity index (χ1v) is 8.58. The lowest BCUT2D eigenvalue weighted by molar-refractivity contribution is 0.394. The van der Waals surface area contributed by atoms with Crippen molar-refractivity contribution in [3.05, 3.63) is 66.0 Å². The van der Waals surface area contributed by atoms with Crippen LogP contribution in [0.1, 0.15) is 18.3 Å². The fourth-order valence-corrected chi connectivity index (χ4v) is 3.10. The van der Waals surface area contributed by atoms with Crippen molar-refractivity contribution in [1.82, 2.24) is 10.2 Å². The lowest BCUT2D eigenvalue weighted by Crippen LogP contribution is -2.04. The second-order valence-corrected chi connectivity index (χ2v) is 6.36. The zero-order chi connectivity index (χ0) is 20.4. The summed E-state index contributed by atoms with van der Waals surface area (Å²) in [6.45, 7) is 7.38. The predicted molar refractivity (Wildman–Crippen MR) is 105 cm³/mol. The van der Waals surface area contributed by atoms with Crippen molar-refractivity contribution < 1.29 is 18.3 Å². The molecular weight excluding hydrogens is 362 g/mol. The Bertz CT molecular complexity index is 1020. The van der Waals surface area contributed by atoms with E-state index in [2.05, 4.69) is 16.8 Å². The molecule has 3 aromatic rings. The van der Waals surface area contributed by atoms with Gasteiger partial charge in [-0.3, -0.25) is 0 Å². The summed E-state index contributed by atoms with van der Waals surface area (Å²) >= 11 is 0. The van der Waals surface area contributed by atoms with Gasteiger partial charge in [0.1, 0.15) is 23.1 Å². The highest BCUT2D eigenvalue weighted by Gasteiger charge is 2.24. The summed E-state index contributed by atoms with van der Waals surface area (Å²) in [4.78, 5) is 0. The van der Waals surface area contributed by atoms with E-state index >= 15 is 0 Å². The summed E-state index contributed by atoms with van der Waals surface area (Å²) in [6.07, 6.45) is 0. The maximum atomic E-state index is 14.7. The van der Waals surface area contributed by atoms with Crippen molar-refractivity contribution in [2.24, 2.45) is 0 Å². The zero-order valence-electron chi connectivity index (χ0n) is 16.1. The van der Waals surface area contributed by atoms with Gasteiger partial charge in [-0.05, 0) is 49.2 Å². The fraction of sp³-hybridized carbons (Fsp3) is 0.182. The Morgan fingerprint density at radius 3 is 1.96 bits per heavy atom. The molecule has 28 heavy (non-hydrogen) atoms. The van der Waals surface area contributed by atoms with Gasteiger partial charge in [-0.25, -0.2) is 8.78 Å². The van der Waals surface area contributed by atoms with Crippen molar-refractivity contribution in [2.45, 2.75) is 13.8 Å². The standard InChI is InChI=1S/C22H20F2N2O2/c1-12(2)22-20(14-9-15(27-4)11-16(10-14)28-5)19(13(3)25-26-22)21-17(23)7-6-8-18(21)24/h6-11H,1H2,2-5H3. The van der Waals surface area contributed by atoms with Crippen LogP contribution in [0.5, 0.6) is 11.5 Å². The largest absolute Gasteiger partial charge is 0.497 e. The molecule has 0 N–H and O–H groups in total. The summed E-state index contributed by atoms with van der Waals surface area (Å²) < 4.78 is 40.1. The quantitative estimate of drug-likeness (QED) is 0.589. The number of aryl methyl sites for hydroxylation is 1. The van der Waals surface area contributed by atoms with Crippen LogP contribution < -0.4 is 9.47 Å². The molecule has 0 aliphatic rings. The summed E-state index contributed by atoms with van der Waals surface area (Å²) in [5.41, 5.74) is 2.76. The number of hydrogen-bond donors (Lipinski definition) is 0. The summed E-state index contributed by atoms with van der Waals surface area (Å²) in [7, 11) is 3.07. The van der Waals surface area contributed by atoms with Gasteiger partial charge in [-0.15, -0.1) is 5.10 Å². The number of nitrogens with zero attached hydrogens (tertiary/aromatic N) is 2. The Morgan fingerprint density at radius 2 is 1.46 bits per heavy atom. The second-order valence-electron chi connectivity index (χ2n) is 6.36. The van der Waals surface area contributed by atoms with Crippen LogP contribution in [-0.2, 0) is 0 Å². The van der Waals surface area contributed by atoms with Gasteiger partial charge in [0.15, 0.2) is 0 Å². The highest BCUT2D eigenvalue weighted by atomic mass is 19.1. The van der Waals surface area contributed by atoms with Gasteiger partial charge in [0, 0.05) is 17.2 Å². The van der Waals surface area contributed by atoms with Crippen molar-refractivity contribution in [3.63, 3.8) is 0 Å². The molecule has 0 unspecified atom stereocenters. The number of aromatic nitrogens is 2. The van der Waals surface area contributed by atoms with E-state index < -0.39 is 11.6 Å². The molecule has 144 valence electrons. The molecule has 0 radical (unpaired) electrons. The minimum absolute atomic E-state index is 0.158. The van der Waals surface area contributed by atoms with E-state index in [1.54, 1.807) is 32.0 Å². The number of benzene rings is 2. The van der Waals surface area contributed by atoms with Crippen LogP contribution in [0.25, 0.3) is 27.8 Å². The first kappa shape index (κ1) is 19.5. The summed E-state index contributed by atoms with van der Waals surface area (Å²) in [5.74, 6) is -0.285. The number of allylic oxidation sites excluding steroid dienone is 1. The van der Waals surface area contributed by atoms with Crippen LogP contribution in [-0.4, -0.2) is 24.4 Å². The van der Waals surface area contributed by atoms with E-state index in [-0.39, 0.29) is 5.56 Å². The topological polar surface area (TPSA) is 44.2 Å². The van der Waals surface area contributed by atoms with E-state index in [9.17, 15) is 8.78 Å². The lowest BCUT2D eigenvalue weighted by Gasteiger charge is -2.18. The Kier molecular flexibility index (Phi) is 5.40. The van der Waals surface area contributed by atoms with Crippen LogP contribution in [0.3, 0.4) is 0 Å². The van der Waals surface area contributed by atoms with Gasteiger partial charge < -0.3 is 9.47 Å². The maximum Gasteiger partial charge on any atom is 0.134 e. The van der Waals surface area contributed by atoms with Gasteiger partial charge in [0.2, 0.25) is 0 Å². The van der Waals surface area contributed by atoms with E-state index in [1.165, 1.54) is 32.4 Å². The Labute approximate surface area is 162 Å². The number of methoxy groups -OCH3 is 2. The molecule has 0 spiro atoms. The molecule has 0 aliphatic heterocycles. The molecule has 1 heterocycles. The average molecular weight is 382 g/mol. The molecule has 0 saturated carbocycles. The second kappa shape index (κ2) is 7.76. The number of halogens is 2. The zero-order valence-corrected chi connectivity index (χ0v) is 16.1. The summed E-state index contributed by atoms with van der Waals surface area (Å²) in [5, 5.41) is 8.36. The molecule has 0 bridgehead atoms. The van der Waals surface area contributed by atoms with Crippen LogP contribution in [0.2, 0.25) is 0 Å². The van der Waals surface area contributed by atoms with E-state index in [0.717, 1.165) is 0 Å². The number of ether oxygens (including phenoxy) is 2. The van der Waals surface area contributed by atoms with Crippen molar-refractivity contribution >= 4 is 5.57 Å². The Balaban J connectivity index is 2.47. The third-order valence-electron chi connectivity index (χ3n) is 4.41. The van der Waals surface area contributed by atoms with E-state index in [1.807, 2.05) is 0 Å². The van der Waals surface area contributed by atoms with Crippen molar-refractivity contribution in [2.75, 3.05) is 14.2 Å². The molecule has 0 saturated heterocycles. The average Bonchev–Trinajstić information content (AvgIpc) is 2.68. The SMILES string of the molecule is C=C(C)c1nnc(C)c(-c2c(F)cccc2F)c1-c1cc(OC)cc(OC)c1. The molecule has 1 aromatic heterocycles. The lowest BCUT2D eigenvalue weighted by atomic mass is 9.90. The highest BCUT2D eigenvalue weighted by Crippen LogP contribution is 2.42. The first-order valence-electron chi connectivity index (χ1n) is 8.58. The van der Waals surface area contributed by atoms with Crippen LogP contribution in [0.4, 0.5) is 8.78 Å². The first-order chi connectivity index (χ1) is 13.4. The number of hydrogen-bond acceptors (Lipinski definition) is 4. The van der Waals surface area contributed by atoms with Gasteiger partial charge in [-0.2, -0.15) is 5.10 Å².